The van der Waals surface area contributed by atoms with Gasteiger partial charge in [0.05, 0.1) is 0 Å². The Morgan fingerprint density at radius 2 is 1.75 bits per heavy atom. The Labute approximate surface area is 237 Å². The van der Waals surface area contributed by atoms with Gasteiger partial charge in [0.15, 0.2) is 0 Å². The van der Waals surface area contributed by atoms with Crippen LogP contribution in [0.2, 0.25) is 0 Å². The quantitative estimate of drug-likeness (QED) is 0.504. The number of rotatable bonds is 3. The summed E-state index contributed by atoms with van der Waals surface area (Å²) in [5, 5.41) is 2.90. The summed E-state index contributed by atoms with van der Waals surface area (Å²) in [5.41, 5.74) is 4.60. The Morgan fingerprint density at radius 3 is 2.42 bits per heavy atom. The summed E-state index contributed by atoms with van der Waals surface area (Å²) in [6.45, 7) is 15.9. The van der Waals surface area contributed by atoms with E-state index in [0.717, 1.165) is 55.0 Å². The molecule has 216 valence electrons. The number of likely N-dealkylation sites (tertiary alicyclic amines) is 1. The van der Waals surface area contributed by atoms with Crippen molar-refractivity contribution in [3.8, 4) is 0 Å². The molecule has 1 spiro atoms. The number of hydrogen-bond acceptors (Lipinski definition) is 7. The molecule has 1 unspecified atom stereocenters. The average molecular weight is 550 g/mol. The number of alkyl carbamates (subject to hydrolysis) is 1. The monoisotopic (exact) mass is 549 g/mol. The number of anilines is 2. The lowest BCUT2D eigenvalue weighted by Crippen LogP contribution is -2.48. The maximum Gasteiger partial charge on any atom is 0.410 e. The molecule has 1 atom stereocenters. The molecule has 0 bridgehead atoms. The molecule has 0 radical (unpaired) electrons. The highest BCUT2D eigenvalue weighted by atomic mass is 16.6. The third-order valence-corrected chi connectivity index (χ3v) is 8.10. The number of carbonyl (C=O) groups excluding carboxylic acids is 2. The minimum absolute atomic E-state index is 0.143. The summed E-state index contributed by atoms with van der Waals surface area (Å²) in [7, 11) is 0. The highest BCUT2D eigenvalue weighted by Crippen LogP contribution is 2.51. The van der Waals surface area contributed by atoms with Crippen LogP contribution in [0.4, 0.5) is 21.1 Å². The van der Waals surface area contributed by atoms with Gasteiger partial charge in [0.25, 0.3) is 0 Å². The van der Waals surface area contributed by atoms with Crippen LogP contribution in [0.3, 0.4) is 0 Å². The molecule has 2 aliphatic heterocycles. The molecule has 1 saturated heterocycles. The van der Waals surface area contributed by atoms with Crippen LogP contribution >= 0.6 is 0 Å². The molecule has 1 aliphatic carbocycles. The molecule has 9 nitrogen and oxygen atoms in total. The zero-order chi connectivity index (χ0) is 28.9. The standard InChI is InChI=1S/C31H43N5O4/c1-20-8-10-23-25(20)26(34-19-33-23)36-18-31(12-14-35(15-13-31)28(38)40-30(5,6)7)22-16-21(9-11-24(22)36)17-32-27(37)39-29(2,3)4/h9,11,16,19-20H,8,10,12-15,17-18H2,1-7H3,(H,32,37). The average Bonchev–Trinajstić information content (AvgIpc) is 3.39. The second-order valence-corrected chi connectivity index (χ2v) is 13.5. The molecular weight excluding hydrogens is 506 g/mol. The molecule has 1 fully saturated rings. The molecule has 2 aromatic rings. The van der Waals surface area contributed by atoms with Gasteiger partial charge in [-0.05, 0) is 90.3 Å². The van der Waals surface area contributed by atoms with Crippen LogP contribution in [0, 0.1) is 0 Å². The van der Waals surface area contributed by atoms with Crippen LogP contribution in [0.25, 0.3) is 0 Å². The lowest BCUT2D eigenvalue weighted by Gasteiger charge is -2.40. The van der Waals surface area contributed by atoms with Crippen molar-refractivity contribution in [2.75, 3.05) is 24.5 Å². The molecule has 3 heterocycles. The molecule has 40 heavy (non-hydrogen) atoms. The molecule has 2 amide bonds. The summed E-state index contributed by atoms with van der Waals surface area (Å²) < 4.78 is 11.1. The largest absolute Gasteiger partial charge is 0.444 e. The third-order valence-electron chi connectivity index (χ3n) is 8.10. The van der Waals surface area contributed by atoms with Gasteiger partial charge < -0.3 is 24.6 Å². The summed E-state index contributed by atoms with van der Waals surface area (Å²) in [5.74, 6) is 1.42. The van der Waals surface area contributed by atoms with Gasteiger partial charge in [-0.2, -0.15) is 0 Å². The first-order valence-electron chi connectivity index (χ1n) is 14.4. The Kier molecular flexibility index (Phi) is 7.21. The van der Waals surface area contributed by atoms with Crippen molar-refractivity contribution in [1.29, 1.82) is 0 Å². The van der Waals surface area contributed by atoms with E-state index in [4.69, 9.17) is 14.5 Å². The number of fused-ring (bicyclic) bond motifs is 3. The molecular formula is C31H43N5O4. The highest BCUT2D eigenvalue weighted by molar-refractivity contribution is 5.75. The number of hydrogen-bond donors (Lipinski definition) is 1. The number of nitrogens with one attached hydrogen (secondary N) is 1. The van der Waals surface area contributed by atoms with E-state index in [1.807, 2.05) is 46.4 Å². The molecule has 3 aliphatic rings. The van der Waals surface area contributed by atoms with Crippen LogP contribution in [0.5, 0.6) is 0 Å². The van der Waals surface area contributed by atoms with E-state index >= 15 is 0 Å². The highest BCUT2D eigenvalue weighted by Gasteiger charge is 2.47. The lowest BCUT2D eigenvalue weighted by molar-refractivity contribution is 0.0170. The van der Waals surface area contributed by atoms with Crippen molar-refractivity contribution in [3.63, 3.8) is 0 Å². The fraction of sp³-hybridized carbons (Fsp3) is 0.613. The topological polar surface area (TPSA) is 96.9 Å². The van der Waals surface area contributed by atoms with Gasteiger partial charge in [-0.3, -0.25) is 0 Å². The van der Waals surface area contributed by atoms with Gasteiger partial charge in [-0.15, -0.1) is 0 Å². The van der Waals surface area contributed by atoms with Crippen molar-refractivity contribution in [3.05, 3.63) is 46.9 Å². The van der Waals surface area contributed by atoms with Crippen LogP contribution in [0.15, 0.2) is 24.5 Å². The number of ether oxygens (including phenoxy) is 2. The molecule has 0 saturated carbocycles. The van der Waals surface area contributed by atoms with Gasteiger partial charge in [0.1, 0.15) is 23.3 Å². The SMILES string of the molecule is CC1CCc2ncnc(N3CC4(CCN(C(=O)OC(C)(C)C)CC4)c4cc(CNC(=O)OC(C)(C)C)ccc43)c21. The fourth-order valence-corrected chi connectivity index (χ4v) is 6.21. The van der Waals surface area contributed by atoms with Crippen LogP contribution < -0.4 is 10.2 Å². The van der Waals surface area contributed by atoms with Crippen molar-refractivity contribution in [2.45, 2.75) is 103 Å². The van der Waals surface area contributed by atoms with Crippen LogP contribution in [-0.4, -0.2) is 57.9 Å². The number of carbonyl (C=O) groups is 2. The molecule has 9 heteroatoms. The van der Waals surface area contributed by atoms with E-state index in [2.05, 4.69) is 40.3 Å². The number of piperidine rings is 1. The molecule has 1 aromatic heterocycles. The van der Waals surface area contributed by atoms with E-state index in [1.165, 1.54) is 11.1 Å². The Bertz CT molecular complexity index is 1290. The van der Waals surface area contributed by atoms with Gasteiger partial charge in [0, 0.05) is 48.5 Å². The minimum atomic E-state index is -0.552. The number of amides is 2. The van der Waals surface area contributed by atoms with Crippen molar-refractivity contribution in [1.82, 2.24) is 20.2 Å². The predicted octanol–water partition coefficient (Wildman–Crippen LogP) is 5.97. The summed E-state index contributed by atoms with van der Waals surface area (Å²) in [6.07, 6.45) is 4.73. The van der Waals surface area contributed by atoms with Gasteiger partial charge in [-0.1, -0.05) is 19.1 Å². The van der Waals surface area contributed by atoms with Crippen molar-refractivity contribution in [2.24, 2.45) is 0 Å². The minimum Gasteiger partial charge on any atom is -0.444 e. The Balaban J connectivity index is 1.44. The first-order chi connectivity index (χ1) is 18.7. The maximum atomic E-state index is 12.8. The van der Waals surface area contributed by atoms with Crippen molar-refractivity contribution < 1.29 is 19.1 Å². The maximum absolute atomic E-state index is 12.8. The van der Waals surface area contributed by atoms with E-state index in [0.29, 0.717) is 25.6 Å². The number of nitrogens with zero attached hydrogens (tertiary/aromatic N) is 4. The Morgan fingerprint density at radius 1 is 1.05 bits per heavy atom. The number of benzene rings is 1. The van der Waals surface area contributed by atoms with E-state index < -0.39 is 17.3 Å². The van der Waals surface area contributed by atoms with E-state index in [-0.39, 0.29) is 11.5 Å². The van der Waals surface area contributed by atoms with Crippen LogP contribution in [0.1, 0.15) is 96.0 Å². The van der Waals surface area contributed by atoms with Crippen molar-refractivity contribution >= 4 is 23.7 Å². The first-order valence-corrected chi connectivity index (χ1v) is 14.4. The van der Waals surface area contributed by atoms with E-state index in [9.17, 15) is 9.59 Å². The molecule has 1 N–H and O–H groups in total. The van der Waals surface area contributed by atoms with Gasteiger partial charge in [0.2, 0.25) is 0 Å². The second-order valence-electron chi connectivity index (χ2n) is 13.5. The summed E-state index contributed by atoms with van der Waals surface area (Å²) in [4.78, 5) is 38.8. The predicted molar refractivity (Wildman–Crippen MR) is 154 cm³/mol. The third kappa shape index (κ3) is 5.74. The first kappa shape index (κ1) is 28.2. The zero-order valence-corrected chi connectivity index (χ0v) is 25.0. The zero-order valence-electron chi connectivity index (χ0n) is 25.0. The van der Waals surface area contributed by atoms with Crippen LogP contribution in [-0.2, 0) is 27.9 Å². The summed E-state index contributed by atoms with van der Waals surface area (Å²) in [6, 6.07) is 6.45. The number of aromatic nitrogens is 2. The van der Waals surface area contributed by atoms with Gasteiger partial charge >= 0.3 is 12.2 Å². The number of aryl methyl sites for hydroxylation is 1. The Hall–Kier alpha value is -3.36. The molecule has 5 rings (SSSR count). The van der Waals surface area contributed by atoms with Gasteiger partial charge in [-0.25, -0.2) is 19.6 Å². The second kappa shape index (κ2) is 10.2. The smallest absolute Gasteiger partial charge is 0.410 e. The normalized spacial score (nSPS) is 19.8. The fourth-order valence-electron chi connectivity index (χ4n) is 6.21. The summed E-state index contributed by atoms with van der Waals surface area (Å²) >= 11 is 0. The lowest BCUT2D eigenvalue weighted by atomic mass is 9.74. The van der Waals surface area contributed by atoms with E-state index in [1.54, 1.807) is 6.33 Å². The molecule has 1 aromatic carbocycles.